The summed E-state index contributed by atoms with van der Waals surface area (Å²) in [5.41, 5.74) is 0.528. The topological polar surface area (TPSA) is 102 Å². The van der Waals surface area contributed by atoms with Crippen molar-refractivity contribution in [3.8, 4) is 0 Å². The second kappa shape index (κ2) is 8.24. The maximum atomic E-state index is 12.0. The number of para-hydroxylation sites is 1. The number of carbonyl (C=O) groups is 1. The summed E-state index contributed by atoms with van der Waals surface area (Å²) in [5.74, 6) is -0.191. The molecule has 2 rings (SSSR count). The molecule has 2 aromatic rings. The average molecular weight is 359 g/mol. The molecule has 138 valence electrons. The van der Waals surface area contributed by atoms with Gasteiger partial charge >= 0.3 is 11.7 Å². The molecule has 0 amide bonds. The molecule has 0 aliphatic rings. The molecule has 0 spiro atoms. The average Bonchev–Trinajstić information content (AvgIpc) is 2.67. The van der Waals surface area contributed by atoms with E-state index in [2.05, 4.69) is 9.97 Å². The molecular formula is C17H21N5O4. The molecule has 0 bridgehead atoms. The number of benzene rings is 1. The highest BCUT2D eigenvalue weighted by Gasteiger charge is 2.29. The fourth-order valence-corrected chi connectivity index (χ4v) is 2.69. The van der Waals surface area contributed by atoms with Crippen LogP contribution in [0.1, 0.15) is 24.2 Å². The molecule has 0 saturated heterocycles. The Kier molecular flexibility index (Phi) is 6.05. The number of nitrogens with zero attached hydrogens (tertiary/aromatic N) is 5. The van der Waals surface area contributed by atoms with Gasteiger partial charge in [-0.2, -0.15) is 0 Å². The van der Waals surface area contributed by atoms with Gasteiger partial charge in [-0.1, -0.05) is 12.1 Å². The van der Waals surface area contributed by atoms with Crippen LogP contribution in [0.3, 0.4) is 0 Å². The monoisotopic (exact) mass is 359 g/mol. The highest BCUT2D eigenvalue weighted by atomic mass is 16.6. The first-order valence-electron chi connectivity index (χ1n) is 8.11. The van der Waals surface area contributed by atoms with E-state index in [-0.39, 0.29) is 22.9 Å². The molecule has 9 nitrogen and oxygen atoms in total. The number of hydrogen-bond acceptors (Lipinski definition) is 8. The van der Waals surface area contributed by atoms with Crippen molar-refractivity contribution in [1.29, 1.82) is 0 Å². The minimum absolute atomic E-state index is 0.100. The highest BCUT2D eigenvalue weighted by molar-refractivity contribution is 5.97. The molecule has 0 saturated carbocycles. The molecule has 0 fully saturated rings. The van der Waals surface area contributed by atoms with Gasteiger partial charge in [0.2, 0.25) is 11.6 Å². The van der Waals surface area contributed by atoms with Gasteiger partial charge in [-0.3, -0.25) is 10.1 Å². The molecule has 0 unspecified atom stereocenters. The van der Waals surface area contributed by atoms with E-state index in [1.54, 1.807) is 36.2 Å². The van der Waals surface area contributed by atoms with Crippen molar-refractivity contribution >= 4 is 29.0 Å². The van der Waals surface area contributed by atoms with E-state index < -0.39 is 10.9 Å². The molecule has 0 aliphatic heterocycles. The van der Waals surface area contributed by atoms with Crippen LogP contribution < -0.4 is 9.80 Å². The van der Waals surface area contributed by atoms with Crippen LogP contribution in [-0.4, -0.2) is 48.1 Å². The smallest absolute Gasteiger partial charge is 0.353 e. The quantitative estimate of drug-likeness (QED) is 0.422. The number of nitro groups is 1. The van der Waals surface area contributed by atoms with Gasteiger partial charge in [-0.15, -0.1) is 0 Å². The number of carbonyl (C=O) groups excluding carboxylic acids is 1. The van der Waals surface area contributed by atoms with Crippen LogP contribution in [-0.2, 0) is 4.74 Å². The van der Waals surface area contributed by atoms with Crippen LogP contribution in [0, 0.1) is 10.1 Å². The van der Waals surface area contributed by atoms with Gasteiger partial charge in [-0.05, 0) is 26.0 Å². The van der Waals surface area contributed by atoms with Crippen molar-refractivity contribution in [2.45, 2.75) is 13.8 Å². The highest BCUT2D eigenvalue weighted by Crippen LogP contribution is 2.37. The molecule has 0 aliphatic carbocycles. The third-order valence-electron chi connectivity index (χ3n) is 4.02. The predicted octanol–water partition coefficient (Wildman–Crippen LogP) is 2.79. The van der Waals surface area contributed by atoms with E-state index in [1.807, 2.05) is 13.8 Å². The van der Waals surface area contributed by atoms with Crippen molar-refractivity contribution in [3.05, 3.63) is 46.3 Å². The standard InChI is InChI=1S/C17H21N5O4/c1-5-21(6-2)16-14(22(24)25)15(18-11-19-16)20(3)13-10-8-7-9-12(13)17(23)26-4/h7-11H,5-6H2,1-4H3. The Morgan fingerprint density at radius 1 is 1.19 bits per heavy atom. The number of methoxy groups -OCH3 is 1. The van der Waals surface area contributed by atoms with Crippen molar-refractivity contribution in [3.63, 3.8) is 0 Å². The fraction of sp³-hybridized carbons (Fsp3) is 0.353. The van der Waals surface area contributed by atoms with Gasteiger partial charge in [0.1, 0.15) is 6.33 Å². The van der Waals surface area contributed by atoms with Gasteiger partial charge in [0.15, 0.2) is 0 Å². The summed E-state index contributed by atoms with van der Waals surface area (Å²) in [7, 11) is 2.90. The van der Waals surface area contributed by atoms with E-state index >= 15 is 0 Å². The fourth-order valence-electron chi connectivity index (χ4n) is 2.69. The van der Waals surface area contributed by atoms with E-state index in [4.69, 9.17) is 4.74 Å². The van der Waals surface area contributed by atoms with Gasteiger partial charge in [0.05, 0.1) is 23.3 Å². The second-order valence-corrected chi connectivity index (χ2v) is 5.37. The van der Waals surface area contributed by atoms with Gasteiger partial charge in [-0.25, -0.2) is 14.8 Å². The lowest BCUT2D eigenvalue weighted by atomic mass is 10.1. The molecule has 9 heteroatoms. The Labute approximate surface area is 151 Å². The molecule has 0 atom stereocenters. The Morgan fingerprint density at radius 2 is 1.81 bits per heavy atom. The van der Waals surface area contributed by atoms with Crippen LogP contribution >= 0.6 is 0 Å². The molecule has 0 radical (unpaired) electrons. The number of ether oxygens (including phenoxy) is 1. The Bertz CT molecular complexity index is 807. The zero-order valence-corrected chi connectivity index (χ0v) is 15.2. The van der Waals surface area contributed by atoms with Crippen molar-refractivity contribution in [2.24, 2.45) is 0 Å². The Hall–Kier alpha value is -3.23. The Balaban J connectivity index is 2.64. The third kappa shape index (κ3) is 3.56. The number of hydrogen-bond donors (Lipinski definition) is 0. The summed E-state index contributed by atoms with van der Waals surface area (Å²) >= 11 is 0. The van der Waals surface area contributed by atoms with Crippen LogP contribution in [0.2, 0.25) is 0 Å². The van der Waals surface area contributed by atoms with Gasteiger partial charge in [0, 0.05) is 20.1 Å². The summed E-state index contributed by atoms with van der Waals surface area (Å²) in [6.45, 7) is 4.92. The van der Waals surface area contributed by atoms with Gasteiger partial charge < -0.3 is 14.5 Å². The molecule has 26 heavy (non-hydrogen) atoms. The first-order chi connectivity index (χ1) is 12.5. The van der Waals surface area contributed by atoms with Crippen LogP contribution in [0.4, 0.5) is 23.0 Å². The van der Waals surface area contributed by atoms with Crippen molar-refractivity contribution in [2.75, 3.05) is 37.0 Å². The minimum atomic E-state index is -0.534. The normalized spacial score (nSPS) is 10.3. The molecule has 1 heterocycles. The molecule has 1 aromatic heterocycles. The zero-order chi connectivity index (χ0) is 19.3. The lowest BCUT2D eigenvalue weighted by molar-refractivity contribution is -0.383. The van der Waals surface area contributed by atoms with E-state index in [0.717, 1.165) is 0 Å². The number of anilines is 3. The molecule has 0 N–H and O–H groups in total. The van der Waals surface area contributed by atoms with Crippen LogP contribution in [0.15, 0.2) is 30.6 Å². The number of rotatable bonds is 7. The largest absolute Gasteiger partial charge is 0.465 e. The second-order valence-electron chi connectivity index (χ2n) is 5.37. The van der Waals surface area contributed by atoms with Crippen molar-refractivity contribution in [1.82, 2.24) is 9.97 Å². The summed E-state index contributed by atoms with van der Waals surface area (Å²) in [4.78, 5) is 34.8. The van der Waals surface area contributed by atoms with E-state index in [9.17, 15) is 14.9 Å². The summed E-state index contributed by atoms with van der Waals surface area (Å²) < 4.78 is 4.80. The van der Waals surface area contributed by atoms with E-state index in [0.29, 0.717) is 18.8 Å². The lowest BCUT2D eigenvalue weighted by Crippen LogP contribution is -2.25. The number of esters is 1. The first-order valence-corrected chi connectivity index (χ1v) is 8.11. The maximum Gasteiger partial charge on any atom is 0.353 e. The van der Waals surface area contributed by atoms with Crippen molar-refractivity contribution < 1.29 is 14.5 Å². The van der Waals surface area contributed by atoms with Crippen LogP contribution in [0.25, 0.3) is 0 Å². The number of aromatic nitrogens is 2. The summed E-state index contributed by atoms with van der Waals surface area (Å²) in [6.07, 6.45) is 1.28. The maximum absolute atomic E-state index is 12.0. The van der Waals surface area contributed by atoms with Crippen LogP contribution in [0.5, 0.6) is 0 Å². The van der Waals surface area contributed by atoms with Gasteiger partial charge in [0.25, 0.3) is 0 Å². The minimum Gasteiger partial charge on any atom is -0.465 e. The molecular weight excluding hydrogens is 338 g/mol. The first kappa shape index (κ1) is 19.1. The Morgan fingerprint density at radius 3 is 2.38 bits per heavy atom. The third-order valence-corrected chi connectivity index (χ3v) is 4.02. The SMILES string of the molecule is CCN(CC)c1ncnc(N(C)c2ccccc2C(=O)OC)c1[N+](=O)[O-]. The predicted molar refractivity (Wildman–Crippen MR) is 98.1 cm³/mol. The molecule has 1 aromatic carbocycles. The summed E-state index contributed by atoms with van der Waals surface area (Å²) in [5, 5.41) is 11.8. The van der Waals surface area contributed by atoms with E-state index in [1.165, 1.54) is 18.3 Å². The lowest BCUT2D eigenvalue weighted by Gasteiger charge is -2.24. The zero-order valence-electron chi connectivity index (χ0n) is 15.2. The summed E-state index contributed by atoms with van der Waals surface area (Å²) in [6, 6.07) is 6.70.